The second-order valence-electron chi connectivity index (χ2n) is 6.42. The zero-order chi connectivity index (χ0) is 17.8. The first kappa shape index (κ1) is 17.9. The summed E-state index contributed by atoms with van der Waals surface area (Å²) in [6, 6.07) is 9.50. The third-order valence-corrected chi connectivity index (χ3v) is 5.58. The summed E-state index contributed by atoms with van der Waals surface area (Å²) in [5.74, 6) is 0.793. The maximum atomic E-state index is 12.6. The molecule has 3 rings (SSSR count). The van der Waals surface area contributed by atoms with Gasteiger partial charge < -0.3 is 9.64 Å². The van der Waals surface area contributed by atoms with Crippen molar-refractivity contribution >= 4 is 17.2 Å². The Balaban J connectivity index is 1.48. The SMILES string of the molecule is Cc1nc(CN2CCN(C(=O)C(C)Oc3ccccc3)CC2)sc1C. The van der Waals surface area contributed by atoms with Crippen molar-refractivity contribution in [2.75, 3.05) is 26.2 Å². The number of aromatic nitrogens is 1. The molecule has 1 atom stereocenters. The van der Waals surface area contributed by atoms with Crippen LogP contribution in [-0.2, 0) is 11.3 Å². The number of piperazine rings is 1. The first-order chi connectivity index (χ1) is 12.0. The van der Waals surface area contributed by atoms with E-state index in [-0.39, 0.29) is 5.91 Å². The van der Waals surface area contributed by atoms with Gasteiger partial charge in [0.15, 0.2) is 6.10 Å². The number of aryl methyl sites for hydroxylation is 2. The Morgan fingerprint density at radius 3 is 2.48 bits per heavy atom. The lowest BCUT2D eigenvalue weighted by Gasteiger charge is -2.35. The number of para-hydroxylation sites is 1. The van der Waals surface area contributed by atoms with Crippen LogP contribution in [0.25, 0.3) is 0 Å². The molecule has 0 radical (unpaired) electrons. The first-order valence-corrected chi connectivity index (χ1v) is 9.50. The van der Waals surface area contributed by atoms with Crippen LogP contribution in [0.3, 0.4) is 0 Å². The van der Waals surface area contributed by atoms with E-state index in [1.807, 2.05) is 42.2 Å². The standard InChI is InChI=1S/C19H25N3O2S/c1-14-16(3)25-18(20-14)13-21-9-11-22(12-10-21)19(23)15(2)24-17-7-5-4-6-8-17/h4-8,15H,9-13H2,1-3H3. The lowest BCUT2D eigenvalue weighted by Crippen LogP contribution is -2.51. The third kappa shape index (κ3) is 4.58. The molecule has 5 nitrogen and oxygen atoms in total. The van der Waals surface area contributed by atoms with E-state index in [1.54, 1.807) is 11.3 Å². The van der Waals surface area contributed by atoms with Crippen LogP contribution in [0.15, 0.2) is 30.3 Å². The van der Waals surface area contributed by atoms with Gasteiger partial charge in [0.25, 0.3) is 5.91 Å². The summed E-state index contributed by atoms with van der Waals surface area (Å²) in [4.78, 5) is 22.8. The van der Waals surface area contributed by atoms with Crippen molar-refractivity contribution < 1.29 is 9.53 Å². The number of ether oxygens (including phenoxy) is 1. The fourth-order valence-corrected chi connectivity index (χ4v) is 3.91. The third-order valence-electron chi connectivity index (χ3n) is 4.52. The van der Waals surface area contributed by atoms with Crippen molar-refractivity contribution in [3.05, 3.63) is 45.9 Å². The van der Waals surface area contributed by atoms with Crippen molar-refractivity contribution in [3.8, 4) is 5.75 Å². The van der Waals surface area contributed by atoms with Gasteiger partial charge in [-0.15, -0.1) is 11.3 Å². The monoisotopic (exact) mass is 359 g/mol. The van der Waals surface area contributed by atoms with Gasteiger partial charge in [-0.1, -0.05) is 18.2 Å². The Labute approximate surface area is 153 Å². The van der Waals surface area contributed by atoms with Crippen LogP contribution in [0.2, 0.25) is 0 Å². The quantitative estimate of drug-likeness (QED) is 0.823. The molecule has 0 saturated carbocycles. The summed E-state index contributed by atoms with van der Waals surface area (Å²) in [6.07, 6.45) is -0.460. The number of rotatable bonds is 5. The molecule has 1 aliphatic heterocycles. The lowest BCUT2D eigenvalue weighted by atomic mass is 10.2. The number of hydrogen-bond acceptors (Lipinski definition) is 5. The minimum absolute atomic E-state index is 0.0597. The molecular formula is C19H25N3O2S. The van der Waals surface area contributed by atoms with Gasteiger partial charge in [0.2, 0.25) is 0 Å². The maximum absolute atomic E-state index is 12.6. The molecule has 134 valence electrons. The molecule has 25 heavy (non-hydrogen) atoms. The predicted octanol–water partition coefficient (Wildman–Crippen LogP) is 2.87. The van der Waals surface area contributed by atoms with Crippen LogP contribution in [0.5, 0.6) is 5.75 Å². The normalized spacial score (nSPS) is 16.7. The topological polar surface area (TPSA) is 45.7 Å². The molecule has 1 amide bonds. The van der Waals surface area contributed by atoms with Crippen LogP contribution < -0.4 is 4.74 Å². The van der Waals surface area contributed by atoms with E-state index in [2.05, 4.69) is 23.7 Å². The average molecular weight is 359 g/mol. The van der Waals surface area contributed by atoms with Crippen LogP contribution >= 0.6 is 11.3 Å². The second kappa shape index (κ2) is 7.97. The van der Waals surface area contributed by atoms with E-state index in [4.69, 9.17) is 4.74 Å². The van der Waals surface area contributed by atoms with Gasteiger partial charge >= 0.3 is 0 Å². The van der Waals surface area contributed by atoms with Crippen LogP contribution in [0, 0.1) is 13.8 Å². The highest BCUT2D eigenvalue weighted by molar-refractivity contribution is 7.11. The van der Waals surface area contributed by atoms with Gasteiger partial charge in [0.1, 0.15) is 10.8 Å². The summed E-state index contributed by atoms with van der Waals surface area (Å²) >= 11 is 1.77. The van der Waals surface area contributed by atoms with Crippen molar-refractivity contribution in [1.29, 1.82) is 0 Å². The van der Waals surface area contributed by atoms with Gasteiger partial charge in [-0.3, -0.25) is 9.69 Å². The Hall–Kier alpha value is -1.92. The van der Waals surface area contributed by atoms with Crippen molar-refractivity contribution in [3.63, 3.8) is 0 Å². The Kier molecular flexibility index (Phi) is 5.71. The Bertz CT molecular complexity index is 689. The molecule has 2 heterocycles. The molecule has 1 aromatic carbocycles. The Morgan fingerprint density at radius 2 is 1.88 bits per heavy atom. The number of amides is 1. The molecule has 1 aromatic heterocycles. The van der Waals surface area contributed by atoms with Crippen molar-refractivity contribution in [1.82, 2.24) is 14.8 Å². The van der Waals surface area contributed by atoms with Gasteiger partial charge in [-0.05, 0) is 32.9 Å². The zero-order valence-corrected chi connectivity index (χ0v) is 15.9. The molecule has 2 aromatic rings. The molecule has 0 bridgehead atoms. The van der Waals surface area contributed by atoms with Crippen LogP contribution in [0.4, 0.5) is 0 Å². The highest BCUT2D eigenvalue weighted by Gasteiger charge is 2.26. The van der Waals surface area contributed by atoms with Crippen molar-refractivity contribution in [2.45, 2.75) is 33.4 Å². The number of thiazole rings is 1. The number of carbonyl (C=O) groups excluding carboxylic acids is 1. The lowest BCUT2D eigenvalue weighted by molar-refractivity contribution is -0.139. The highest BCUT2D eigenvalue weighted by atomic mass is 32.1. The molecule has 0 spiro atoms. The minimum atomic E-state index is -0.460. The summed E-state index contributed by atoms with van der Waals surface area (Å²) in [7, 11) is 0. The summed E-state index contributed by atoms with van der Waals surface area (Å²) in [6.45, 7) is 10.1. The zero-order valence-electron chi connectivity index (χ0n) is 15.1. The fourth-order valence-electron chi connectivity index (χ4n) is 2.94. The summed E-state index contributed by atoms with van der Waals surface area (Å²) in [5.41, 5.74) is 1.13. The van der Waals surface area contributed by atoms with Crippen LogP contribution in [-0.4, -0.2) is 53.0 Å². The first-order valence-electron chi connectivity index (χ1n) is 8.68. The molecule has 1 saturated heterocycles. The second-order valence-corrected chi connectivity index (χ2v) is 7.71. The minimum Gasteiger partial charge on any atom is -0.481 e. The van der Waals surface area contributed by atoms with Gasteiger partial charge in [-0.25, -0.2) is 4.98 Å². The fraction of sp³-hybridized carbons (Fsp3) is 0.474. The molecular weight excluding hydrogens is 334 g/mol. The van der Waals surface area contributed by atoms with Crippen molar-refractivity contribution in [2.24, 2.45) is 0 Å². The van der Waals surface area contributed by atoms with Crippen LogP contribution in [0.1, 0.15) is 22.5 Å². The van der Waals surface area contributed by atoms with E-state index in [9.17, 15) is 4.79 Å². The number of nitrogens with zero attached hydrogens (tertiary/aromatic N) is 3. The Morgan fingerprint density at radius 1 is 1.20 bits per heavy atom. The maximum Gasteiger partial charge on any atom is 0.263 e. The van der Waals surface area contributed by atoms with Gasteiger partial charge in [0.05, 0.1) is 12.2 Å². The molecule has 1 aliphatic rings. The summed E-state index contributed by atoms with van der Waals surface area (Å²) in [5, 5.41) is 1.16. The van der Waals surface area contributed by atoms with E-state index in [0.29, 0.717) is 0 Å². The predicted molar refractivity (Wildman–Crippen MR) is 100.0 cm³/mol. The number of hydrogen-bond donors (Lipinski definition) is 0. The van der Waals surface area contributed by atoms with E-state index < -0.39 is 6.10 Å². The van der Waals surface area contributed by atoms with E-state index in [0.717, 1.165) is 49.2 Å². The van der Waals surface area contributed by atoms with E-state index in [1.165, 1.54) is 4.88 Å². The van der Waals surface area contributed by atoms with Gasteiger partial charge in [-0.2, -0.15) is 0 Å². The smallest absolute Gasteiger partial charge is 0.263 e. The highest BCUT2D eigenvalue weighted by Crippen LogP contribution is 2.19. The van der Waals surface area contributed by atoms with E-state index >= 15 is 0 Å². The molecule has 6 heteroatoms. The number of benzene rings is 1. The molecule has 0 N–H and O–H groups in total. The van der Waals surface area contributed by atoms with Gasteiger partial charge in [0, 0.05) is 31.1 Å². The average Bonchev–Trinajstić information content (AvgIpc) is 2.93. The molecule has 1 unspecified atom stereocenters. The number of carbonyl (C=O) groups is 1. The largest absolute Gasteiger partial charge is 0.481 e. The molecule has 1 fully saturated rings. The summed E-state index contributed by atoms with van der Waals surface area (Å²) < 4.78 is 5.75. The molecule has 0 aliphatic carbocycles.